The molecular weight excluding hydrogens is 346 g/mol. The Bertz CT molecular complexity index is 1040. The van der Waals surface area contributed by atoms with E-state index in [2.05, 4.69) is 10.3 Å². The second kappa shape index (κ2) is 5.60. The van der Waals surface area contributed by atoms with Gasteiger partial charge in [-0.1, -0.05) is 36.4 Å². The van der Waals surface area contributed by atoms with Crippen LogP contribution in [0.1, 0.15) is 51.4 Å². The Morgan fingerprint density at radius 3 is 2.44 bits per heavy atom. The average molecular weight is 369 g/mol. The molecule has 2 unspecified atom stereocenters. The van der Waals surface area contributed by atoms with Crippen LogP contribution in [0.5, 0.6) is 17.2 Å². The molecular formula is C20H23N3O4. The minimum Gasteiger partial charge on any atom is -0.507 e. The molecule has 0 saturated heterocycles. The van der Waals surface area contributed by atoms with E-state index in [1.165, 1.54) is 0 Å². The van der Waals surface area contributed by atoms with E-state index < -0.39 is 17.2 Å². The van der Waals surface area contributed by atoms with Crippen LogP contribution < -0.4 is 4.74 Å². The first-order chi connectivity index (χ1) is 12.7. The molecule has 0 saturated carbocycles. The first-order valence-corrected chi connectivity index (χ1v) is 8.97. The van der Waals surface area contributed by atoms with E-state index in [0.717, 1.165) is 0 Å². The van der Waals surface area contributed by atoms with Crippen LogP contribution in [0.25, 0.3) is 10.8 Å². The van der Waals surface area contributed by atoms with Crippen LogP contribution in [-0.4, -0.2) is 35.9 Å². The standard InChI is InChI=1S/C20H23N3O4/c1-5-20(4,26)13-10-23(22-21-13)18-14-15(24)11-8-6-7-9-12(11)16(25)17(14)27-19(18,2)3/h6-10,18,24-26H,5H2,1-4H3. The second-order valence-corrected chi connectivity index (χ2v) is 7.80. The summed E-state index contributed by atoms with van der Waals surface area (Å²) >= 11 is 0. The molecule has 3 aromatic rings. The summed E-state index contributed by atoms with van der Waals surface area (Å²) in [6, 6.07) is 6.57. The molecule has 142 valence electrons. The predicted molar refractivity (Wildman–Crippen MR) is 100 cm³/mol. The summed E-state index contributed by atoms with van der Waals surface area (Å²) in [5, 5.41) is 41.6. The molecule has 1 aliphatic heterocycles. The molecule has 0 bridgehead atoms. The van der Waals surface area contributed by atoms with Crippen molar-refractivity contribution in [2.75, 3.05) is 0 Å². The third-order valence-electron chi connectivity index (χ3n) is 5.46. The van der Waals surface area contributed by atoms with E-state index in [-0.39, 0.29) is 17.2 Å². The van der Waals surface area contributed by atoms with Gasteiger partial charge in [0.2, 0.25) is 0 Å². The quantitative estimate of drug-likeness (QED) is 0.613. The number of aliphatic hydroxyl groups is 1. The Labute approximate surface area is 156 Å². The summed E-state index contributed by atoms with van der Waals surface area (Å²) in [6.07, 6.45) is 2.16. The SMILES string of the molecule is CCC(C)(O)c1cn(C2c3c(c(O)c4ccccc4c3O)OC2(C)C)nn1. The molecule has 0 aliphatic carbocycles. The zero-order valence-electron chi connectivity index (χ0n) is 15.8. The fourth-order valence-corrected chi connectivity index (χ4v) is 3.70. The monoisotopic (exact) mass is 369 g/mol. The molecule has 0 fully saturated rings. The number of phenolic OH excluding ortho intramolecular Hbond substituents is 2. The van der Waals surface area contributed by atoms with Crippen molar-refractivity contribution < 1.29 is 20.1 Å². The Morgan fingerprint density at radius 2 is 1.81 bits per heavy atom. The molecule has 0 spiro atoms. The molecule has 0 radical (unpaired) electrons. The van der Waals surface area contributed by atoms with Crippen LogP contribution in [0, 0.1) is 0 Å². The van der Waals surface area contributed by atoms with Gasteiger partial charge in [-0.25, -0.2) is 4.68 Å². The largest absolute Gasteiger partial charge is 0.507 e. The van der Waals surface area contributed by atoms with E-state index in [1.807, 2.05) is 20.8 Å². The summed E-state index contributed by atoms with van der Waals surface area (Å²) in [6.45, 7) is 7.27. The maximum atomic E-state index is 11.0. The summed E-state index contributed by atoms with van der Waals surface area (Å²) in [5.41, 5.74) is -0.988. The minimum absolute atomic E-state index is 0.00475. The van der Waals surface area contributed by atoms with Gasteiger partial charge in [-0.3, -0.25) is 0 Å². The minimum atomic E-state index is -1.10. The lowest BCUT2D eigenvalue weighted by atomic mass is 9.91. The van der Waals surface area contributed by atoms with Crippen molar-refractivity contribution in [2.45, 2.75) is 51.4 Å². The summed E-state index contributed by atoms with van der Waals surface area (Å²) in [7, 11) is 0. The van der Waals surface area contributed by atoms with Crippen molar-refractivity contribution in [1.29, 1.82) is 0 Å². The number of fused-ring (bicyclic) bond motifs is 2. The van der Waals surface area contributed by atoms with Gasteiger partial charge in [0, 0.05) is 10.8 Å². The number of benzene rings is 2. The van der Waals surface area contributed by atoms with E-state index in [0.29, 0.717) is 28.5 Å². The molecule has 1 aliphatic rings. The molecule has 2 heterocycles. The van der Waals surface area contributed by atoms with E-state index >= 15 is 0 Å². The fourth-order valence-electron chi connectivity index (χ4n) is 3.70. The highest BCUT2D eigenvalue weighted by molar-refractivity contribution is 5.97. The van der Waals surface area contributed by atoms with E-state index in [1.54, 1.807) is 42.1 Å². The average Bonchev–Trinajstić information content (AvgIpc) is 3.22. The third-order valence-corrected chi connectivity index (χ3v) is 5.46. The molecule has 7 nitrogen and oxygen atoms in total. The molecule has 2 atom stereocenters. The van der Waals surface area contributed by atoms with Gasteiger partial charge >= 0.3 is 0 Å². The smallest absolute Gasteiger partial charge is 0.171 e. The summed E-state index contributed by atoms with van der Waals surface area (Å²) in [5.74, 6) is 0.295. The molecule has 4 rings (SSSR count). The van der Waals surface area contributed by atoms with Crippen molar-refractivity contribution in [3.05, 3.63) is 41.7 Å². The topological polar surface area (TPSA) is 101 Å². The number of hydrogen-bond donors (Lipinski definition) is 3. The lowest BCUT2D eigenvalue weighted by molar-refractivity contribution is 0.0482. The highest BCUT2D eigenvalue weighted by Gasteiger charge is 2.47. The second-order valence-electron chi connectivity index (χ2n) is 7.80. The van der Waals surface area contributed by atoms with Gasteiger partial charge in [0.25, 0.3) is 0 Å². The van der Waals surface area contributed by atoms with Crippen LogP contribution in [-0.2, 0) is 5.60 Å². The van der Waals surface area contributed by atoms with Crippen LogP contribution in [0.2, 0.25) is 0 Å². The van der Waals surface area contributed by atoms with Gasteiger partial charge < -0.3 is 20.1 Å². The fraction of sp³-hybridized carbons (Fsp3) is 0.400. The zero-order valence-corrected chi connectivity index (χ0v) is 15.8. The third kappa shape index (κ3) is 2.45. The van der Waals surface area contributed by atoms with Crippen LogP contribution in [0.15, 0.2) is 30.5 Å². The highest BCUT2D eigenvalue weighted by Crippen LogP contribution is 2.56. The van der Waals surface area contributed by atoms with E-state index in [4.69, 9.17) is 4.74 Å². The molecule has 27 heavy (non-hydrogen) atoms. The van der Waals surface area contributed by atoms with Crippen LogP contribution in [0.3, 0.4) is 0 Å². The van der Waals surface area contributed by atoms with Gasteiger partial charge in [-0.05, 0) is 27.2 Å². The van der Waals surface area contributed by atoms with Crippen molar-refractivity contribution in [3.63, 3.8) is 0 Å². The summed E-state index contributed by atoms with van der Waals surface area (Å²) < 4.78 is 7.62. The molecule has 0 amide bonds. The molecule has 2 aromatic carbocycles. The number of hydrogen-bond acceptors (Lipinski definition) is 6. The maximum absolute atomic E-state index is 11.0. The molecule has 3 N–H and O–H groups in total. The molecule has 1 aromatic heterocycles. The van der Waals surface area contributed by atoms with Gasteiger partial charge in [0.1, 0.15) is 28.7 Å². The van der Waals surface area contributed by atoms with E-state index in [9.17, 15) is 15.3 Å². The van der Waals surface area contributed by atoms with Gasteiger partial charge in [-0.15, -0.1) is 5.10 Å². The number of rotatable bonds is 3. The zero-order chi connectivity index (χ0) is 19.6. The number of nitrogens with zero attached hydrogens (tertiary/aromatic N) is 3. The number of phenols is 2. The first-order valence-electron chi connectivity index (χ1n) is 8.97. The Hall–Kier alpha value is -2.80. The lowest BCUT2D eigenvalue weighted by Crippen LogP contribution is -2.35. The van der Waals surface area contributed by atoms with Crippen molar-refractivity contribution in [3.8, 4) is 17.2 Å². The van der Waals surface area contributed by atoms with Crippen LogP contribution in [0.4, 0.5) is 0 Å². The Morgan fingerprint density at radius 1 is 1.19 bits per heavy atom. The van der Waals surface area contributed by atoms with Crippen molar-refractivity contribution >= 4 is 10.8 Å². The predicted octanol–water partition coefficient (Wildman–Crippen LogP) is 3.22. The van der Waals surface area contributed by atoms with Crippen molar-refractivity contribution in [1.82, 2.24) is 15.0 Å². The highest BCUT2D eigenvalue weighted by atomic mass is 16.5. The first kappa shape index (κ1) is 17.6. The number of ether oxygens (including phenoxy) is 1. The van der Waals surface area contributed by atoms with Gasteiger partial charge in [0.15, 0.2) is 11.5 Å². The number of aromatic nitrogens is 3. The Balaban J connectivity index is 1.94. The lowest BCUT2D eigenvalue weighted by Gasteiger charge is -2.26. The van der Waals surface area contributed by atoms with Crippen LogP contribution >= 0.6 is 0 Å². The summed E-state index contributed by atoms with van der Waals surface area (Å²) in [4.78, 5) is 0. The maximum Gasteiger partial charge on any atom is 0.171 e. The van der Waals surface area contributed by atoms with Gasteiger partial charge in [-0.2, -0.15) is 0 Å². The number of aromatic hydroxyl groups is 2. The normalized spacial score (nSPS) is 20.3. The Kier molecular flexibility index (Phi) is 3.65. The van der Waals surface area contributed by atoms with Gasteiger partial charge in [0.05, 0.1) is 11.8 Å². The molecule has 7 heteroatoms. The van der Waals surface area contributed by atoms with Crippen molar-refractivity contribution in [2.24, 2.45) is 0 Å².